The fraction of sp³-hybridized carbons (Fsp3) is 0.250. The van der Waals surface area contributed by atoms with Crippen LogP contribution in [0.2, 0.25) is 0 Å². The number of nitro groups is 5. The Hall–Kier alpha value is -7.12. The molecule has 1 radical (unpaired) electrons. The standard InChI is InChI=1S/C16H16N2O4S.C16H20N2S.C8H8BrNO2.C8H9NO2S.C8H9NO2.BHNS.H2/c1-11-7-15(17(19)20)5-3-13(11)9-23-10-14-4-6-16(18(21)22)8-12(14)2;1-11-7-15(17)5-3-13(11)9-19-10-14-4-6-16(18)8-12(14)2;1-6-4-8(10(11)12)3-2-7(6)5-9;1-6-4-8(9(10)11)3-2-7(6)5-12;1-6-3-4-8(9(10)11)5-7(6)2;1-2-3;/h3-8H,9-10H2,1-2H3;3-8H,9-10,17-18H2,1-2H3;2-4H,5H2,1H3;2-4,12H,5H2,1H3;3-5H,1-2H3;3H;1H. The summed E-state index contributed by atoms with van der Waals surface area (Å²) in [5, 5.41) is 53.1. The largest absolute Gasteiger partial charge is 0 e. The van der Waals surface area contributed by atoms with Gasteiger partial charge in [0.1, 0.15) is 0 Å². The second-order valence-corrected chi connectivity index (χ2v) is 20.8. The first-order chi connectivity index (χ1) is 37.8. The molecule has 0 fully saturated rings. The first-order valence-electron chi connectivity index (χ1n) is 24.0. The molecule has 423 valence electrons. The zero-order valence-electron chi connectivity index (χ0n) is 45.5. The molecule has 4 N–H and O–H groups in total. The van der Waals surface area contributed by atoms with Crippen LogP contribution in [0.25, 0.3) is 0 Å². The van der Waals surface area contributed by atoms with Gasteiger partial charge in [-0.05, 0) is 158 Å². The monoisotopic (exact) mass is 1230 g/mol. The third kappa shape index (κ3) is 24.1. The molecule has 18 nitrogen and oxygen atoms in total. The number of nitrogens with zero attached hydrogens (tertiary/aromatic N) is 6. The van der Waals surface area contributed by atoms with Crippen LogP contribution < -0.4 is 11.5 Å². The topological polar surface area (TPSA) is 280 Å². The molecule has 7 aromatic carbocycles. The second kappa shape index (κ2) is 35.5. The van der Waals surface area contributed by atoms with Crippen LogP contribution in [0.4, 0.5) is 39.8 Å². The fourth-order valence-electron chi connectivity index (χ4n) is 6.97. The van der Waals surface area contributed by atoms with Crippen molar-refractivity contribution in [3.63, 3.8) is 0 Å². The van der Waals surface area contributed by atoms with Crippen LogP contribution in [0, 0.1) is 106 Å². The van der Waals surface area contributed by atoms with E-state index in [1.807, 2.05) is 77.6 Å². The van der Waals surface area contributed by atoms with E-state index in [1.54, 1.807) is 72.4 Å². The van der Waals surface area contributed by atoms with Crippen molar-refractivity contribution in [1.29, 1.82) is 0 Å². The van der Waals surface area contributed by atoms with Gasteiger partial charge in [0.2, 0.25) is 0 Å². The van der Waals surface area contributed by atoms with Crippen molar-refractivity contribution in [2.45, 2.75) is 89.5 Å². The van der Waals surface area contributed by atoms with E-state index in [9.17, 15) is 50.6 Å². The first kappa shape index (κ1) is 69.0. The van der Waals surface area contributed by atoms with Crippen LogP contribution in [0.15, 0.2) is 132 Å². The Morgan fingerprint density at radius 3 is 0.900 bits per heavy atom. The van der Waals surface area contributed by atoms with Crippen molar-refractivity contribution in [1.82, 2.24) is 0 Å². The molecule has 0 aliphatic rings. The molecule has 0 bridgehead atoms. The predicted octanol–water partition coefficient (Wildman–Crippen LogP) is 16.2. The number of nitro benzene ring substituents is 5. The summed E-state index contributed by atoms with van der Waals surface area (Å²) in [5.74, 6) is 4.11. The van der Waals surface area contributed by atoms with Crippen molar-refractivity contribution >= 4 is 112 Å². The number of rotatable bonds is 15. The summed E-state index contributed by atoms with van der Waals surface area (Å²) in [5.41, 5.74) is 29.0. The van der Waals surface area contributed by atoms with E-state index >= 15 is 0 Å². The fourth-order valence-corrected chi connectivity index (χ4v) is 10.3. The summed E-state index contributed by atoms with van der Waals surface area (Å²) in [6.45, 7) is 15.4. The third-order valence-electron chi connectivity index (χ3n) is 11.9. The van der Waals surface area contributed by atoms with E-state index in [4.69, 9.17) is 11.5 Å². The SMILES string of the molecule is Cc1cc(N)ccc1CSCc1ccc(N)cc1C.Cc1cc([N+](=O)[O-])ccc1CBr.Cc1cc([N+](=O)[O-])ccc1CS.Cc1cc([N+](=O)[O-])ccc1CSCc1ccc([N+](=O)[O-])cc1C.Cc1ccc([N+](=O)[O-])cc1C.[B]=NS.[HH]. The maximum atomic E-state index is 10.7. The van der Waals surface area contributed by atoms with Crippen molar-refractivity contribution in [3.8, 4) is 0 Å². The minimum atomic E-state index is -0.399. The van der Waals surface area contributed by atoms with Gasteiger partial charge in [0, 0.05) is 108 Å². The van der Waals surface area contributed by atoms with Gasteiger partial charge < -0.3 is 11.5 Å². The zero-order chi connectivity index (χ0) is 60.2. The van der Waals surface area contributed by atoms with E-state index in [0.717, 1.165) is 95.4 Å². The summed E-state index contributed by atoms with van der Waals surface area (Å²) in [6.07, 6.45) is 0. The Bertz CT molecular complexity index is 3120. The quantitative estimate of drug-likeness (QED) is 0.0186. The summed E-state index contributed by atoms with van der Waals surface area (Å²) in [6, 6.07) is 36.5. The Kier molecular flexibility index (Phi) is 30.6. The maximum absolute atomic E-state index is 10.7. The zero-order valence-corrected chi connectivity index (χ0v) is 50.5. The number of thioether (sulfide) groups is 2. The molecular weight excluding hydrogens is 1160 g/mol. The van der Waals surface area contributed by atoms with Crippen molar-refractivity contribution in [3.05, 3.63) is 256 Å². The van der Waals surface area contributed by atoms with Gasteiger partial charge in [-0.2, -0.15) is 36.2 Å². The maximum Gasteiger partial charge on any atom is 0 e. The molecule has 0 saturated heterocycles. The molecule has 80 heavy (non-hydrogen) atoms. The van der Waals surface area contributed by atoms with E-state index in [1.165, 1.54) is 52.6 Å². The number of hydrogen-bond acceptors (Lipinski definition) is 17. The normalized spacial score (nSPS) is 9.97. The summed E-state index contributed by atoms with van der Waals surface area (Å²) in [4.78, 5) is 50.5. The Labute approximate surface area is 496 Å². The van der Waals surface area contributed by atoms with Crippen LogP contribution in [0.5, 0.6) is 0 Å². The number of nitrogen functional groups attached to an aromatic ring is 2. The van der Waals surface area contributed by atoms with E-state index in [2.05, 4.69) is 79.3 Å². The Morgan fingerprint density at radius 1 is 0.425 bits per heavy atom. The van der Waals surface area contributed by atoms with Crippen molar-refractivity contribution in [2.24, 2.45) is 4.30 Å². The smallest absolute Gasteiger partial charge is 0 e. The van der Waals surface area contributed by atoms with E-state index in [0.29, 0.717) is 5.75 Å². The minimum absolute atomic E-state index is 0. The molecule has 0 aliphatic heterocycles. The number of benzene rings is 7. The molecule has 0 atom stereocenters. The summed E-state index contributed by atoms with van der Waals surface area (Å²) in [7, 11) is 4.34. The van der Waals surface area contributed by atoms with E-state index in [-0.39, 0.29) is 39.7 Å². The van der Waals surface area contributed by atoms with Gasteiger partial charge in [0.25, 0.3) is 28.4 Å². The van der Waals surface area contributed by atoms with Crippen LogP contribution in [-0.2, 0) is 34.1 Å². The van der Waals surface area contributed by atoms with Gasteiger partial charge in [-0.3, -0.25) is 50.6 Å². The van der Waals surface area contributed by atoms with Crippen LogP contribution in [0.1, 0.15) is 79.3 Å². The molecule has 0 amide bonds. The molecule has 7 rings (SSSR count). The molecule has 0 spiro atoms. The first-order valence-corrected chi connectivity index (χ1v) is 28.5. The number of thiol groups is 2. The number of nitrogens with two attached hydrogens (primary N) is 2. The molecule has 0 aliphatic carbocycles. The van der Waals surface area contributed by atoms with Crippen LogP contribution in [0.3, 0.4) is 0 Å². The van der Waals surface area contributed by atoms with Crippen molar-refractivity contribution in [2.75, 3.05) is 11.5 Å². The minimum Gasteiger partial charge on any atom is 0 e. The summed E-state index contributed by atoms with van der Waals surface area (Å²) >= 11 is 14.2. The van der Waals surface area contributed by atoms with Crippen LogP contribution >= 0.6 is 64.9 Å². The second-order valence-electron chi connectivity index (χ2n) is 17.8. The molecule has 0 aromatic heterocycles. The average molecular weight is 1230 g/mol. The number of alkyl halides is 1. The van der Waals surface area contributed by atoms with Gasteiger partial charge in [-0.1, -0.05) is 58.4 Å². The van der Waals surface area contributed by atoms with Gasteiger partial charge in [0.05, 0.1) is 24.6 Å². The van der Waals surface area contributed by atoms with Crippen molar-refractivity contribution < 1.29 is 26.0 Å². The molecule has 24 heteroatoms. The van der Waals surface area contributed by atoms with Crippen LogP contribution in [-0.4, -0.2) is 32.3 Å². The molecule has 7 aromatic rings. The molecular formula is C56H65BBrN8O10S4. The number of aryl methyl sites for hydroxylation is 8. The van der Waals surface area contributed by atoms with Gasteiger partial charge in [0.15, 0.2) is 0 Å². The Morgan fingerprint density at radius 2 is 0.662 bits per heavy atom. The molecule has 0 unspecified atom stereocenters. The van der Waals surface area contributed by atoms with Gasteiger partial charge in [-0.15, -0.1) is 0 Å². The third-order valence-corrected chi connectivity index (χ3v) is 14.9. The van der Waals surface area contributed by atoms with Gasteiger partial charge in [-0.25, -0.2) is 0 Å². The molecule has 0 heterocycles. The number of hydrogen-bond donors (Lipinski definition) is 4. The number of non-ortho nitro benzene ring substituents is 5. The predicted molar refractivity (Wildman–Crippen MR) is 340 cm³/mol. The number of halogens is 1. The van der Waals surface area contributed by atoms with Gasteiger partial charge >= 0.3 is 24.8 Å². The molecule has 0 saturated carbocycles. The average Bonchev–Trinajstić information content (AvgIpc) is 3.40. The Balaban J connectivity index is 0.000000513. The number of anilines is 2. The summed E-state index contributed by atoms with van der Waals surface area (Å²) < 4.78 is 2.69. The van der Waals surface area contributed by atoms with E-state index < -0.39 is 14.8 Å².